The molecule has 16 heavy (non-hydrogen) atoms. The summed E-state index contributed by atoms with van der Waals surface area (Å²) in [6.45, 7) is 0. The van der Waals surface area contributed by atoms with Gasteiger partial charge in [0, 0.05) is 17.8 Å². The molecular weight excluding hydrogens is 220 g/mol. The minimum Gasteiger partial charge on any atom is -0.306 e. The fourth-order valence-electron chi connectivity index (χ4n) is 1.84. The number of aromatic nitrogens is 2. The molecule has 3 heteroatoms. The van der Waals surface area contributed by atoms with Gasteiger partial charge in [-0.2, -0.15) is 0 Å². The Morgan fingerprint density at radius 3 is 2.56 bits per heavy atom. The summed E-state index contributed by atoms with van der Waals surface area (Å²) in [6.07, 6.45) is 5.57. The molecule has 0 spiro atoms. The zero-order valence-electron chi connectivity index (χ0n) is 8.58. The summed E-state index contributed by atoms with van der Waals surface area (Å²) < 4.78 is 2.03. The molecule has 0 fully saturated rings. The average Bonchev–Trinajstić information content (AvgIpc) is 2.82. The molecule has 0 unspecified atom stereocenters. The highest BCUT2D eigenvalue weighted by atomic mass is 35.5. The van der Waals surface area contributed by atoms with Crippen molar-refractivity contribution in [2.24, 2.45) is 0 Å². The van der Waals surface area contributed by atoms with Gasteiger partial charge < -0.3 is 4.57 Å². The first-order valence-electron chi connectivity index (χ1n) is 4.91. The van der Waals surface area contributed by atoms with Crippen molar-refractivity contribution < 1.29 is 0 Å². The van der Waals surface area contributed by atoms with Gasteiger partial charge in [0.05, 0.1) is 12.0 Å². The average molecular weight is 231 g/mol. The van der Waals surface area contributed by atoms with E-state index in [9.17, 15) is 0 Å². The molecule has 0 saturated heterocycles. The van der Waals surface area contributed by atoms with Crippen LogP contribution in [-0.2, 0) is 0 Å². The number of hydrogen-bond acceptors (Lipinski definition) is 1. The second-order valence-corrected chi connectivity index (χ2v) is 3.47. The van der Waals surface area contributed by atoms with E-state index in [0.29, 0.717) is 0 Å². The van der Waals surface area contributed by atoms with Crippen molar-refractivity contribution in [2.75, 3.05) is 0 Å². The maximum absolute atomic E-state index is 4.07. The van der Waals surface area contributed by atoms with Crippen LogP contribution in [0.5, 0.6) is 0 Å². The molecule has 2 aromatic carbocycles. The molecule has 2 nitrogen and oxygen atoms in total. The lowest BCUT2D eigenvalue weighted by molar-refractivity contribution is 1.07. The molecule has 0 saturated carbocycles. The van der Waals surface area contributed by atoms with Gasteiger partial charge in [-0.25, -0.2) is 4.98 Å². The van der Waals surface area contributed by atoms with Crippen LogP contribution >= 0.6 is 12.4 Å². The second-order valence-electron chi connectivity index (χ2n) is 3.47. The number of nitrogens with zero attached hydrogens (tertiary/aromatic N) is 2. The molecule has 0 aliphatic heterocycles. The van der Waals surface area contributed by atoms with Gasteiger partial charge in [-0.3, -0.25) is 0 Å². The molecule has 1 aromatic heterocycles. The first-order valence-corrected chi connectivity index (χ1v) is 4.91. The van der Waals surface area contributed by atoms with Crippen LogP contribution in [0, 0.1) is 0 Å². The molecule has 3 rings (SSSR count). The highest BCUT2D eigenvalue weighted by Gasteiger charge is 2.00. The predicted molar refractivity (Wildman–Crippen MR) is 68.3 cm³/mol. The lowest BCUT2D eigenvalue weighted by Gasteiger charge is -2.06. The quantitative estimate of drug-likeness (QED) is 0.626. The molecule has 0 atom stereocenters. The Balaban J connectivity index is 0.000000963. The van der Waals surface area contributed by atoms with E-state index in [2.05, 4.69) is 47.4 Å². The summed E-state index contributed by atoms with van der Waals surface area (Å²) in [5.74, 6) is 0. The van der Waals surface area contributed by atoms with Crippen LogP contribution in [0.2, 0.25) is 0 Å². The predicted octanol–water partition coefficient (Wildman–Crippen LogP) is 3.45. The zero-order chi connectivity index (χ0) is 10.1. The van der Waals surface area contributed by atoms with E-state index >= 15 is 0 Å². The van der Waals surface area contributed by atoms with Crippen LogP contribution in [0.25, 0.3) is 16.5 Å². The summed E-state index contributed by atoms with van der Waals surface area (Å²) in [5.41, 5.74) is 1.17. The van der Waals surface area contributed by atoms with Crippen molar-refractivity contribution in [1.82, 2.24) is 9.55 Å². The number of benzene rings is 2. The number of rotatable bonds is 1. The second kappa shape index (κ2) is 4.37. The Bertz CT molecular complexity index is 582. The van der Waals surface area contributed by atoms with Crippen molar-refractivity contribution in [2.45, 2.75) is 0 Å². The number of hydrogen-bond donors (Lipinski definition) is 0. The van der Waals surface area contributed by atoms with E-state index in [1.165, 1.54) is 16.5 Å². The first-order chi connectivity index (χ1) is 7.45. The topological polar surface area (TPSA) is 17.8 Å². The van der Waals surface area contributed by atoms with E-state index in [4.69, 9.17) is 0 Å². The SMILES string of the molecule is Cl.c1ccc2c(-n3ccnc3)cccc2c1. The van der Waals surface area contributed by atoms with Crippen LogP contribution in [0.4, 0.5) is 0 Å². The fourth-order valence-corrected chi connectivity index (χ4v) is 1.84. The Morgan fingerprint density at radius 2 is 1.75 bits per heavy atom. The molecule has 0 radical (unpaired) electrons. The molecule has 80 valence electrons. The number of imidazole rings is 1. The Morgan fingerprint density at radius 1 is 0.938 bits per heavy atom. The van der Waals surface area contributed by atoms with Gasteiger partial charge in [0.25, 0.3) is 0 Å². The summed E-state index contributed by atoms with van der Waals surface area (Å²) in [4.78, 5) is 4.07. The number of halogens is 1. The van der Waals surface area contributed by atoms with Crippen LogP contribution in [-0.4, -0.2) is 9.55 Å². The molecule has 0 aliphatic carbocycles. The van der Waals surface area contributed by atoms with Gasteiger partial charge in [-0.1, -0.05) is 36.4 Å². The van der Waals surface area contributed by atoms with Crippen LogP contribution in [0.1, 0.15) is 0 Å². The van der Waals surface area contributed by atoms with E-state index in [1.807, 2.05) is 17.1 Å². The first kappa shape index (κ1) is 10.7. The lowest BCUT2D eigenvalue weighted by Crippen LogP contribution is -1.90. The summed E-state index contributed by atoms with van der Waals surface area (Å²) in [6, 6.07) is 14.7. The smallest absolute Gasteiger partial charge is 0.0991 e. The van der Waals surface area contributed by atoms with E-state index in [-0.39, 0.29) is 12.4 Å². The van der Waals surface area contributed by atoms with Crippen molar-refractivity contribution in [1.29, 1.82) is 0 Å². The Labute approximate surface area is 100.0 Å². The third-order valence-electron chi connectivity index (χ3n) is 2.55. The van der Waals surface area contributed by atoms with Gasteiger partial charge in [-0.05, 0) is 11.5 Å². The molecule has 0 bridgehead atoms. The minimum absolute atomic E-state index is 0. The third-order valence-corrected chi connectivity index (χ3v) is 2.55. The van der Waals surface area contributed by atoms with Crippen molar-refractivity contribution in [3.63, 3.8) is 0 Å². The number of fused-ring (bicyclic) bond motifs is 1. The Kier molecular flexibility index (Phi) is 2.93. The molecular formula is C13H11ClN2. The summed E-state index contributed by atoms with van der Waals surface area (Å²) in [7, 11) is 0. The lowest BCUT2D eigenvalue weighted by atomic mass is 10.1. The van der Waals surface area contributed by atoms with Crippen LogP contribution in [0.15, 0.2) is 61.2 Å². The van der Waals surface area contributed by atoms with Crippen molar-refractivity contribution >= 4 is 23.2 Å². The maximum Gasteiger partial charge on any atom is 0.0991 e. The highest BCUT2D eigenvalue weighted by molar-refractivity contribution is 5.90. The normalized spacial score (nSPS) is 10.0. The molecule has 0 N–H and O–H groups in total. The van der Waals surface area contributed by atoms with Gasteiger partial charge in [0.1, 0.15) is 0 Å². The molecule has 0 aliphatic rings. The largest absolute Gasteiger partial charge is 0.306 e. The fraction of sp³-hybridized carbons (Fsp3) is 0. The zero-order valence-corrected chi connectivity index (χ0v) is 9.39. The molecule has 3 aromatic rings. The molecule has 1 heterocycles. The van der Waals surface area contributed by atoms with Gasteiger partial charge in [-0.15, -0.1) is 12.4 Å². The van der Waals surface area contributed by atoms with E-state index in [1.54, 1.807) is 6.20 Å². The minimum atomic E-state index is 0. The maximum atomic E-state index is 4.07. The highest BCUT2D eigenvalue weighted by Crippen LogP contribution is 2.21. The van der Waals surface area contributed by atoms with Crippen LogP contribution in [0.3, 0.4) is 0 Å². The standard InChI is InChI=1S/C13H10N2.ClH/c1-2-6-12-11(4-1)5-3-7-13(12)15-9-8-14-10-15;/h1-10H;1H. The Hall–Kier alpha value is -1.80. The van der Waals surface area contributed by atoms with E-state index < -0.39 is 0 Å². The van der Waals surface area contributed by atoms with Crippen molar-refractivity contribution in [3.05, 3.63) is 61.2 Å². The monoisotopic (exact) mass is 230 g/mol. The summed E-state index contributed by atoms with van der Waals surface area (Å²) >= 11 is 0. The van der Waals surface area contributed by atoms with Gasteiger partial charge in [0.15, 0.2) is 0 Å². The third kappa shape index (κ3) is 1.68. The van der Waals surface area contributed by atoms with Gasteiger partial charge >= 0.3 is 0 Å². The van der Waals surface area contributed by atoms with Crippen molar-refractivity contribution in [3.8, 4) is 5.69 Å². The summed E-state index contributed by atoms with van der Waals surface area (Å²) in [5, 5.41) is 2.50. The van der Waals surface area contributed by atoms with Gasteiger partial charge in [0.2, 0.25) is 0 Å². The molecule has 0 amide bonds. The van der Waals surface area contributed by atoms with Crippen LogP contribution < -0.4 is 0 Å². The van der Waals surface area contributed by atoms with E-state index in [0.717, 1.165) is 0 Å².